The number of hydrogen-bond donors (Lipinski definition) is 10. The summed E-state index contributed by atoms with van der Waals surface area (Å²) in [7, 11) is 0. The first-order chi connectivity index (χ1) is 11.1. The number of aliphatic hydroxyl groups is 10. The van der Waals surface area contributed by atoms with Gasteiger partial charge in [-0.2, -0.15) is 0 Å². The van der Waals surface area contributed by atoms with Gasteiger partial charge in [0.25, 0.3) is 0 Å². The smallest absolute Gasteiger partial charge is 0.230 e. The quantitative estimate of drug-likeness (QED) is 0.227. The fourth-order valence-electron chi connectivity index (χ4n) is 3.03. The first kappa shape index (κ1) is 19.8. The molecular formula is C12H22O12. The van der Waals surface area contributed by atoms with Gasteiger partial charge in [-0.25, -0.2) is 0 Å². The molecule has 0 amide bonds. The van der Waals surface area contributed by atoms with Gasteiger partial charge in [-0.1, -0.05) is 0 Å². The Balaban J connectivity index is 2.50. The molecule has 2 aliphatic rings. The van der Waals surface area contributed by atoms with Crippen molar-refractivity contribution >= 4 is 0 Å². The van der Waals surface area contributed by atoms with Crippen molar-refractivity contribution in [1.29, 1.82) is 0 Å². The Bertz CT molecular complexity index is 448. The summed E-state index contributed by atoms with van der Waals surface area (Å²) >= 11 is 0. The molecule has 2 rings (SSSR count). The highest BCUT2D eigenvalue weighted by molar-refractivity contribution is 5.14. The van der Waals surface area contributed by atoms with Crippen LogP contribution < -0.4 is 0 Å². The van der Waals surface area contributed by atoms with Crippen molar-refractivity contribution in [2.24, 2.45) is 0 Å². The monoisotopic (exact) mass is 358 g/mol. The number of hydrogen-bond acceptors (Lipinski definition) is 12. The van der Waals surface area contributed by atoms with Gasteiger partial charge in [-0.15, -0.1) is 0 Å². The summed E-state index contributed by atoms with van der Waals surface area (Å²) in [5, 5.41) is 98.2. The third kappa shape index (κ3) is 2.56. The van der Waals surface area contributed by atoms with Crippen LogP contribution in [0.15, 0.2) is 0 Å². The van der Waals surface area contributed by atoms with E-state index in [9.17, 15) is 51.1 Å². The summed E-state index contributed by atoms with van der Waals surface area (Å²) in [6.07, 6.45) is -16.6. The standard InChI is InChI=1S/C12H22O12/c13-1-3-4(15)5(16)9(20)12(22,23-3)11(2-14)8(19)6(17)7(18)10(21)24-11/h3-10,13-22H,1-2H2/t3-,4-,5+,6-,7-,8+,9-,10?,11+,12?/m1/s1. The van der Waals surface area contributed by atoms with Crippen LogP contribution in [0.1, 0.15) is 0 Å². The van der Waals surface area contributed by atoms with Gasteiger partial charge < -0.3 is 60.5 Å². The molecule has 142 valence electrons. The molecule has 12 nitrogen and oxygen atoms in total. The van der Waals surface area contributed by atoms with Gasteiger partial charge in [0.2, 0.25) is 5.79 Å². The van der Waals surface area contributed by atoms with Crippen LogP contribution in [0, 0.1) is 0 Å². The van der Waals surface area contributed by atoms with E-state index < -0.39 is 73.6 Å². The van der Waals surface area contributed by atoms with E-state index in [2.05, 4.69) is 0 Å². The van der Waals surface area contributed by atoms with Crippen LogP contribution in [0.2, 0.25) is 0 Å². The van der Waals surface area contributed by atoms with Crippen LogP contribution in [-0.4, -0.2) is 125 Å². The Morgan fingerprint density at radius 3 is 1.75 bits per heavy atom. The first-order valence-electron chi connectivity index (χ1n) is 7.13. The third-order valence-electron chi connectivity index (χ3n) is 4.58. The van der Waals surface area contributed by atoms with E-state index in [0.29, 0.717) is 0 Å². The molecular weight excluding hydrogens is 336 g/mol. The van der Waals surface area contributed by atoms with Crippen LogP contribution in [0.3, 0.4) is 0 Å². The highest BCUT2D eigenvalue weighted by Gasteiger charge is 2.71. The van der Waals surface area contributed by atoms with Gasteiger partial charge in [-0.05, 0) is 0 Å². The lowest BCUT2D eigenvalue weighted by Crippen LogP contribution is -2.82. The topological polar surface area (TPSA) is 221 Å². The van der Waals surface area contributed by atoms with E-state index in [1.54, 1.807) is 0 Å². The Morgan fingerprint density at radius 1 is 0.708 bits per heavy atom. The first-order valence-corrected chi connectivity index (χ1v) is 7.13. The molecule has 2 heterocycles. The Morgan fingerprint density at radius 2 is 1.25 bits per heavy atom. The van der Waals surface area contributed by atoms with E-state index in [0.717, 1.165) is 0 Å². The molecule has 0 aromatic carbocycles. The minimum atomic E-state index is -3.17. The second kappa shape index (κ2) is 6.68. The fraction of sp³-hybridized carbons (Fsp3) is 1.00. The van der Waals surface area contributed by atoms with Crippen molar-refractivity contribution in [3.8, 4) is 0 Å². The lowest BCUT2D eigenvalue weighted by Gasteiger charge is -2.57. The molecule has 2 saturated heterocycles. The summed E-state index contributed by atoms with van der Waals surface area (Å²) in [5.41, 5.74) is -2.82. The molecule has 0 bridgehead atoms. The molecule has 0 aliphatic carbocycles. The number of ether oxygens (including phenoxy) is 2. The maximum Gasteiger partial charge on any atom is 0.230 e. The summed E-state index contributed by atoms with van der Waals surface area (Å²) < 4.78 is 9.79. The average Bonchev–Trinajstić information content (AvgIpc) is 2.57. The molecule has 10 N–H and O–H groups in total. The summed E-state index contributed by atoms with van der Waals surface area (Å²) in [6, 6.07) is 0. The zero-order valence-electron chi connectivity index (χ0n) is 12.3. The van der Waals surface area contributed by atoms with Gasteiger partial charge in [0.05, 0.1) is 13.2 Å². The largest absolute Gasteiger partial charge is 0.394 e. The van der Waals surface area contributed by atoms with Crippen LogP contribution in [0.4, 0.5) is 0 Å². The van der Waals surface area contributed by atoms with E-state index in [1.165, 1.54) is 0 Å². The summed E-state index contributed by atoms with van der Waals surface area (Å²) in [5.74, 6) is -3.17. The summed E-state index contributed by atoms with van der Waals surface area (Å²) in [4.78, 5) is 0. The van der Waals surface area contributed by atoms with Crippen LogP contribution in [0.25, 0.3) is 0 Å². The van der Waals surface area contributed by atoms with Crippen molar-refractivity contribution in [2.45, 2.75) is 60.4 Å². The molecule has 10 atom stereocenters. The van der Waals surface area contributed by atoms with Gasteiger partial charge in [0.15, 0.2) is 11.9 Å². The minimum absolute atomic E-state index is 0.932. The number of rotatable bonds is 3. The Labute approximate surface area is 135 Å². The van der Waals surface area contributed by atoms with E-state index in [-0.39, 0.29) is 0 Å². The zero-order valence-corrected chi connectivity index (χ0v) is 12.3. The summed E-state index contributed by atoms with van der Waals surface area (Å²) in [6.45, 7) is -2.28. The highest BCUT2D eigenvalue weighted by Crippen LogP contribution is 2.44. The molecule has 0 saturated carbocycles. The van der Waals surface area contributed by atoms with Gasteiger partial charge in [0.1, 0.15) is 42.7 Å². The average molecular weight is 358 g/mol. The maximum atomic E-state index is 10.7. The molecule has 0 spiro atoms. The molecule has 2 aliphatic heterocycles. The van der Waals surface area contributed by atoms with Crippen LogP contribution in [0.5, 0.6) is 0 Å². The Hall–Kier alpha value is -0.480. The van der Waals surface area contributed by atoms with E-state index >= 15 is 0 Å². The van der Waals surface area contributed by atoms with Crippen molar-refractivity contribution < 1.29 is 60.5 Å². The molecule has 0 aromatic heterocycles. The SMILES string of the molecule is OC[C@H]1OC(O)([C@@]2(CO)OC(O)[C@H](O)[C@@H](O)[C@@H]2O)[C@H](O)[C@@H](O)[C@@H]1O. The molecule has 0 aromatic rings. The normalized spacial score (nSPS) is 56.2. The molecule has 2 unspecified atom stereocenters. The molecule has 0 radical (unpaired) electrons. The second-order valence-corrected chi connectivity index (χ2v) is 5.94. The van der Waals surface area contributed by atoms with E-state index in [4.69, 9.17) is 9.47 Å². The van der Waals surface area contributed by atoms with Crippen molar-refractivity contribution in [3.63, 3.8) is 0 Å². The highest BCUT2D eigenvalue weighted by atomic mass is 16.7. The lowest BCUT2D eigenvalue weighted by molar-refractivity contribution is -0.456. The van der Waals surface area contributed by atoms with E-state index in [1.807, 2.05) is 0 Å². The number of aliphatic hydroxyl groups excluding tert-OH is 9. The van der Waals surface area contributed by atoms with Gasteiger partial charge in [-0.3, -0.25) is 0 Å². The maximum absolute atomic E-state index is 10.7. The fourth-order valence-corrected chi connectivity index (χ4v) is 3.03. The Kier molecular flexibility index (Phi) is 5.52. The van der Waals surface area contributed by atoms with Gasteiger partial charge >= 0.3 is 0 Å². The molecule has 24 heavy (non-hydrogen) atoms. The third-order valence-corrected chi connectivity index (χ3v) is 4.58. The molecule has 2 fully saturated rings. The van der Waals surface area contributed by atoms with Crippen LogP contribution in [-0.2, 0) is 9.47 Å². The second-order valence-electron chi connectivity index (χ2n) is 5.94. The predicted molar refractivity (Wildman–Crippen MR) is 69.9 cm³/mol. The lowest BCUT2D eigenvalue weighted by atomic mass is 9.74. The minimum Gasteiger partial charge on any atom is -0.394 e. The van der Waals surface area contributed by atoms with Crippen molar-refractivity contribution in [2.75, 3.05) is 13.2 Å². The van der Waals surface area contributed by atoms with Gasteiger partial charge in [0, 0.05) is 0 Å². The predicted octanol–water partition coefficient (Wildman–Crippen LogP) is -6.69. The molecule has 12 heteroatoms. The zero-order chi connectivity index (χ0) is 18.4. The van der Waals surface area contributed by atoms with Crippen molar-refractivity contribution in [1.82, 2.24) is 0 Å². The van der Waals surface area contributed by atoms with Crippen LogP contribution >= 0.6 is 0 Å². The van der Waals surface area contributed by atoms with Crippen molar-refractivity contribution in [3.05, 3.63) is 0 Å².